The standard InChI is InChI=1S/C16H24FNO3S/c1-11(18-22(19)16(2,3)4)14-9-12(5-6-15(14)17)21-13-7-8-20-10-13/h5-6,9,11,13,18H,7-8,10H2,1-4H3/t11?,13-,22?/m1/s1. The van der Waals surface area contributed by atoms with E-state index in [2.05, 4.69) is 4.72 Å². The molecule has 1 saturated heterocycles. The van der Waals surface area contributed by atoms with Gasteiger partial charge in [0.15, 0.2) is 0 Å². The van der Waals surface area contributed by atoms with Crippen LogP contribution in [-0.4, -0.2) is 28.6 Å². The molecule has 1 fully saturated rings. The molecule has 0 aliphatic carbocycles. The predicted molar refractivity (Wildman–Crippen MR) is 85.7 cm³/mol. The molecule has 124 valence electrons. The summed E-state index contributed by atoms with van der Waals surface area (Å²) in [4.78, 5) is 0. The molecule has 1 aromatic carbocycles. The van der Waals surface area contributed by atoms with E-state index in [0.29, 0.717) is 24.5 Å². The molecule has 0 radical (unpaired) electrons. The maximum Gasteiger partial charge on any atom is 0.136 e. The smallest absolute Gasteiger partial charge is 0.136 e. The first-order valence-corrected chi connectivity index (χ1v) is 8.64. The minimum absolute atomic E-state index is 0.0188. The molecule has 6 heteroatoms. The minimum Gasteiger partial charge on any atom is -0.598 e. The summed E-state index contributed by atoms with van der Waals surface area (Å²) in [5, 5.41) is 0. The molecule has 1 heterocycles. The fourth-order valence-corrected chi connectivity index (χ4v) is 2.93. The van der Waals surface area contributed by atoms with Gasteiger partial charge in [-0.15, -0.1) is 4.72 Å². The van der Waals surface area contributed by atoms with E-state index in [1.54, 1.807) is 19.1 Å². The number of halogens is 1. The lowest BCUT2D eigenvalue weighted by Gasteiger charge is -2.27. The van der Waals surface area contributed by atoms with Gasteiger partial charge in [0.05, 0.1) is 19.3 Å². The molecule has 0 aromatic heterocycles. The zero-order valence-electron chi connectivity index (χ0n) is 13.5. The lowest BCUT2D eigenvalue weighted by Crippen LogP contribution is -2.40. The SMILES string of the molecule is CC(N[S+]([O-])C(C)(C)C)c1cc(O[C@@H]2CCOC2)ccc1F. The van der Waals surface area contributed by atoms with E-state index >= 15 is 0 Å². The number of rotatable bonds is 5. The molecule has 0 saturated carbocycles. The van der Waals surface area contributed by atoms with Crippen LogP contribution >= 0.6 is 0 Å². The molecule has 2 unspecified atom stereocenters. The normalized spacial score (nSPS) is 21.6. The van der Waals surface area contributed by atoms with Crippen LogP contribution in [0.2, 0.25) is 0 Å². The second-order valence-corrected chi connectivity index (χ2v) is 8.51. The van der Waals surface area contributed by atoms with Crippen LogP contribution in [0.4, 0.5) is 4.39 Å². The van der Waals surface area contributed by atoms with E-state index < -0.39 is 16.1 Å². The zero-order valence-corrected chi connectivity index (χ0v) is 14.3. The van der Waals surface area contributed by atoms with Gasteiger partial charge in [-0.2, -0.15) is 0 Å². The van der Waals surface area contributed by atoms with Crippen LogP contribution < -0.4 is 9.46 Å². The Bertz CT molecular complexity index is 501. The van der Waals surface area contributed by atoms with Gasteiger partial charge in [0.2, 0.25) is 0 Å². The highest BCUT2D eigenvalue weighted by Gasteiger charge is 2.29. The van der Waals surface area contributed by atoms with Crippen LogP contribution in [0.25, 0.3) is 0 Å². The van der Waals surface area contributed by atoms with Gasteiger partial charge in [0.1, 0.15) is 22.4 Å². The number of ether oxygens (including phenoxy) is 2. The quantitative estimate of drug-likeness (QED) is 0.844. The van der Waals surface area contributed by atoms with E-state index in [-0.39, 0.29) is 18.0 Å². The fourth-order valence-electron chi connectivity index (χ4n) is 2.13. The Morgan fingerprint density at radius 1 is 1.45 bits per heavy atom. The molecule has 22 heavy (non-hydrogen) atoms. The van der Waals surface area contributed by atoms with Crippen molar-refractivity contribution >= 4 is 11.4 Å². The lowest BCUT2D eigenvalue weighted by atomic mass is 10.1. The van der Waals surface area contributed by atoms with Crippen molar-refractivity contribution in [2.24, 2.45) is 0 Å². The lowest BCUT2D eigenvalue weighted by molar-refractivity contribution is 0.141. The van der Waals surface area contributed by atoms with Crippen molar-refractivity contribution in [2.45, 2.75) is 51.0 Å². The van der Waals surface area contributed by atoms with E-state index in [1.807, 2.05) is 20.8 Å². The number of benzene rings is 1. The fraction of sp³-hybridized carbons (Fsp3) is 0.625. The molecule has 1 aromatic rings. The average Bonchev–Trinajstić information content (AvgIpc) is 2.92. The second kappa shape index (κ2) is 7.17. The van der Waals surface area contributed by atoms with Crippen LogP contribution in [0, 0.1) is 5.82 Å². The molecule has 0 spiro atoms. The Kier molecular flexibility index (Phi) is 5.71. The van der Waals surface area contributed by atoms with E-state index in [9.17, 15) is 8.94 Å². The molecule has 4 nitrogen and oxygen atoms in total. The minimum atomic E-state index is -1.26. The second-order valence-electron chi connectivity index (χ2n) is 6.51. The Balaban J connectivity index is 2.08. The maximum atomic E-state index is 14.1. The maximum absolute atomic E-state index is 14.1. The van der Waals surface area contributed by atoms with Gasteiger partial charge in [-0.3, -0.25) is 0 Å². The number of hydrogen-bond donors (Lipinski definition) is 1. The molecule has 3 atom stereocenters. The summed E-state index contributed by atoms with van der Waals surface area (Å²) in [6.45, 7) is 8.68. The van der Waals surface area contributed by atoms with Crippen LogP contribution in [0.3, 0.4) is 0 Å². The van der Waals surface area contributed by atoms with E-state index in [1.165, 1.54) is 6.07 Å². The Labute approximate surface area is 134 Å². The van der Waals surface area contributed by atoms with E-state index in [0.717, 1.165) is 6.42 Å². The summed E-state index contributed by atoms with van der Waals surface area (Å²) in [5.41, 5.74) is 0.453. The molecular weight excluding hydrogens is 305 g/mol. The van der Waals surface area contributed by atoms with Gasteiger partial charge < -0.3 is 14.0 Å². The summed E-state index contributed by atoms with van der Waals surface area (Å²) in [7, 11) is 0. The highest BCUT2D eigenvalue weighted by Crippen LogP contribution is 2.26. The summed E-state index contributed by atoms with van der Waals surface area (Å²) in [6.07, 6.45) is 0.861. The topological polar surface area (TPSA) is 53.5 Å². The Hall–Kier alpha value is -0.820. The van der Waals surface area contributed by atoms with Gasteiger partial charge in [0.25, 0.3) is 0 Å². The Morgan fingerprint density at radius 2 is 2.18 bits per heavy atom. The molecule has 1 aliphatic heterocycles. The van der Waals surface area contributed by atoms with Crippen molar-refractivity contribution in [3.63, 3.8) is 0 Å². The summed E-state index contributed by atoms with van der Waals surface area (Å²) < 4.78 is 39.8. The van der Waals surface area contributed by atoms with Crippen molar-refractivity contribution in [1.29, 1.82) is 0 Å². The van der Waals surface area contributed by atoms with Crippen LogP contribution in [0.1, 0.15) is 45.7 Å². The average molecular weight is 329 g/mol. The van der Waals surface area contributed by atoms with Crippen molar-refractivity contribution in [1.82, 2.24) is 4.72 Å². The van der Waals surface area contributed by atoms with Crippen LogP contribution in [-0.2, 0) is 16.1 Å². The predicted octanol–water partition coefficient (Wildman–Crippen LogP) is 3.11. The molecule has 0 amide bonds. The first kappa shape index (κ1) is 17.5. The largest absolute Gasteiger partial charge is 0.598 e. The molecular formula is C16H24FNO3S. The third-order valence-corrected chi connectivity index (χ3v) is 5.14. The molecule has 2 rings (SSSR count). The summed E-state index contributed by atoms with van der Waals surface area (Å²) >= 11 is -1.26. The van der Waals surface area contributed by atoms with Gasteiger partial charge in [-0.25, -0.2) is 4.39 Å². The molecule has 1 N–H and O–H groups in total. The third kappa shape index (κ3) is 4.59. The van der Waals surface area contributed by atoms with Crippen LogP contribution in [0.5, 0.6) is 5.75 Å². The van der Waals surface area contributed by atoms with Crippen molar-refractivity contribution < 1.29 is 18.4 Å². The monoisotopic (exact) mass is 329 g/mol. The van der Waals surface area contributed by atoms with E-state index in [4.69, 9.17) is 9.47 Å². The number of nitrogens with one attached hydrogen (secondary N) is 1. The highest BCUT2D eigenvalue weighted by molar-refractivity contribution is 7.90. The van der Waals surface area contributed by atoms with Gasteiger partial charge in [-0.05, 0) is 45.9 Å². The van der Waals surface area contributed by atoms with Gasteiger partial charge in [-0.1, -0.05) is 0 Å². The molecule has 0 bridgehead atoms. The highest BCUT2D eigenvalue weighted by atomic mass is 32.2. The van der Waals surface area contributed by atoms with Crippen molar-refractivity contribution in [2.75, 3.05) is 13.2 Å². The van der Waals surface area contributed by atoms with Crippen molar-refractivity contribution in [3.05, 3.63) is 29.6 Å². The van der Waals surface area contributed by atoms with Crippen molar-refractivity contribution in [3.8, 4) is 5.75 Å². The van der Waals surface area contributed by atoms with Gasteiger partial charge in [0, 0.05) is 23.3 Å². The first-order valence-electron chi connectivity index (χ1n) is 7.49. The van der Waals surface area contributed by atoms with Crippen LogP contribution in [0.15, 0.2) is 18.2 Å². The summed E-state index contributed by atoms with van der Waals surface area (Å²) in [5.74, 6) is 0.281. The molecule has 1 aliphatic rings. The zero-order chi connectivity index (χ0) is 16.3. The third-order valence-electron chi connectivity index (χ3n) is 3.46. The summed E-state index contributed by atoms with van der Waals surface area (Å²) in [6, 6.07) is 4.30. The first-order chi connectivity index (χ1) is 10.3. The Morgan fingerprint density at radius 3 is 2.77 bits per heavy atom. The van der Waals surface area contributed by atoms with Gasteiger partial charge >= 0.3 is 0 Å². The number of hydrogen-bond acceptors (Lipinski definition) is 4.